The molecule has 1 unspecified atom stereocenters. The van der Waals surface area contributed by atoms with Gasteiger partial charge in [0.25, 0.3) is 0 Å². The third-order valence-electron chi connectivity index (χ3n) is 3.48. The van der Waals surface area contributed by atoms with E-state index in [1.54, 1.807) is 0 Å². The van der Waals surface area contributed by atoms with Crippen molar-refractivity contribution in [3.63, 3.8) is 0 Å². The number of anilines is 1. The van der Waals surface area contributed by atoms with Gasteiger partial charge in [-0.15, -0.1) is 0 Å². The second-order valence-electron chi connectivity index (χ2n) is 4.96. The summed E-state index contributed by atoms with van der Waals surface area (Å²) in [6, 6.07) is 10.3. The van der Waals surface area contributed by atoms with Crippen molar-refractivity contribution in [3.05, 3.63) is 42.1 Å². The third kappa shape index (κ3) is 2.81. The van der Waals surface area contributed by atoms with E-state index in [2.05, 4.69) is 24.0 Å². The lowest BCUT2D eigenvalue weighted by Gasteiger charge is -2.21. The Balaban J connectivity index is 2.23. The van der Waals surface area contributed by atoms with Gasteiger partial charge in [-0.25, -0.2) is 0 Å². The lowest BCUT2D eigenvalue weighted by Crippen LogP contribution is -2.18. The lowest BCUT2D eigenvalue weighted by atomic mass is 10.1. The third-order valence-corrected chi connectivity index (χ3v) is 3.48. The van der Waals surface area contributed by atoms with E-state index in [1.165, 1.54) is 11.4 Å². The topological polar surface area (TPSA) is 20.3 Å². The van der Waals surface area contributed by atoms with Gasteiger partial charge in [0.05, 0.1) is 0 Å². The highest BCUT2D eigenvalue weighted by Crippen LogP contribution is 2.32. The average Bonchev–Trinajstić information content (AvgIpc) is 2.73. The van der Waals surface area contributed by atoms with Crippen molar-refractivity contribution < 1.29 is 4.79 Å². The number of ketones is 1. The summed E-state index contributed by atoms with van der Waals surface area (Å²) < 4.78 is 0. The highest BCUT2D eigenvalue weighted by Gasteiger charge is 2.25. The average molecular weight is 243 g/mol. The Kier molecular flexibility index (Phi) is 4.19. The van der Waals surface area contributed by atoms with Crippen LogP contribution < -0.4 is 4.90 Å². The van der Waals surface area contributed by atoms with Crippen LogP contribution in [0.4, 0.5) is 5.69 Å². The highest BCUT2D eigenvalue weighted by atomic mass is 16.1. The molecule has 18 heavy (non-hydrogen) atoms. The predicted octanol–water partition coefficient (Wildman–Crippen LogP) is 3.79. The Labute approximate surface area is 109 Å². The van der Waals surface area contributed by atoms with Crippen LogP contribution in [0.2, 0.25) is 0 Å². The summed E-state index contributed by atoms with van der Waals surface area (Å²) in [5, 5.41) is 0. The van der Waals surface area contributed by atoms with Gasteiger partial charge in [-0.2, -0.15) is 0 Å². The van der Waals surface area contributed by atoms with Gasteiger partial charge in [0.15, 0.2) is 5.78 Å². The van der Waals surface area contributed by atoms with Crippen LogP contribution in [-0.2, 0) is 4.79 Å². The van der Waals surface area contributed by atoms with Crippen molar-refractivity contribution in [2.45, 2.75) is 33.1 Å². The number of benzene rings is 1. The molecule has 1 aliphatic heterocycles. The van der Waals surface area contributed by atoms with E-state index in [1.807, 2.05) is 31.2 Å². The second kappa shape index (κ2) is 5.85. The molecule has 2 nitrogen and oxygen atoms in total. The predicted molar refractivity (Wildman–Crippen MR) is 75.6 cm³/mol. The molecule has 0 amide bonds. The smallest absolute Gasteiger partial charge is 0.157 e. The van der Waals surface area contributed by atoms with Crippen LogP contribution in [0.25, 0.3) is 0 Å². The van der Waals surface area contributed by atoms with Gasteiger partial charge in [0.1, 0.15) is 0 Å². The number of nitrogens with zero attached hydrogens (tertiary/aromatic N) is 1. The van der Waals surface area contributed by atoms with E-state index >= 15 is 0 Å². The number of rotatable bonds is 4. The fourth-order valence-electron chi connectivity index (χ4n) is 2.46. The first-order chi connectivity index (χ1) is 8.72. The molecule has 1 heterocycles. The number of allylic oxidation sites excluding steroid dienone is 2. The van der Waals surface area contributed by atoms with Gasteiger partial charge in [0, 0.05) is 30.4 Å². The first kappa shape index (κ1) is 12.9. The molecular formula is C16H21NO. The van der Waals surface area contributed by atoms with Crippen LogP contribution in [0.3, 0.4) is 0 Å². The Morgan fingerprint density at radius 1 is 1.39 bits per heavy atom. The SMILES string of the molecule is CCCC(=O)/C=C1\C(C)CCN1c1ccccc1. The van der Waals surface area contributed by atoms with Gasteiger partial charge in [-0.3, -0.25) is 4.79 Å². The summed E-state index contributed by atoms with van der Waals surface area (Å²) >= 11 is 0. The minimum Gasteiger partial charge on any atom is -0.345 e. The molecule has 0 radical (unpaired) electrons. The fourth-order valence-corrected chi connectivity index (χ4v) is 2.46. The van der Waals surface area contributed by atoms with E-state index in [0.717, 1.165) is 19.4 Å². The monoisotopic (exact) mass is 243 g/mol. The zero-order valence-electron chi connectivity index (χ0n) is 11.2. The maximum Gasteiger partial charge on any atom is 0.157 e. The summed E-state index contributed by atoms with van der Waals surface area (Å²) in [6.07, 6.45) is 4.55. The van der Waals surface area contributed by atoms with Crippen molar-refractivity contribution in [2.24, 2.45) is 5.92 Å². The van der Waals surface area contributed by atoms with Crippen molar-refractivity contribution in [3.8, 4) is 0 Å². The van der Waals surface area contributed by atoms with E-state index < -0.39 is 0 Å². The van der Waals surface area contributed by atoms with E-state index in [9.17, 15) is 4.79 Å². The van der Waals surface area contributed by atoms with Gasteiger partial charge in [-0.05, 0) is 30.9 Å². The Morgan fingerprint density at radius 3 is 2.78 bits per heavy atom. The van der Waals surface area contributed by atoms with Crippen LogP contribution in [0.1, 0.15) is 33.1 Å². The molecule has 0 N–H and O–H groups in total. The van der Waals surface area contributed by atoms with Gasteiger partial charge in [0.2, 0.25) is 0 Å². The number of hydrogen-bond acceptors (Lipinski definition) is 2. The largest absolute Gasteiger partial charge is 0.345 e. The molecule has 0 bridgehead atoms. The molecule has 1 saturated heterocycles. The van der Waals surface area contributed by atoms with E-state index in [-0.39, 0.29) is 5.78 Å². The summed E-state index contributed by atoms with van der Waals surface area (Å²) in [7, 11) is 0. The van der Waals surface area contributed by atoms with Gasteiger partial charge < -0.3 is 4.90 Å². The second-order valence-corrected chi connectivity index (χ2v) is 4.96. The summed E-state index contributed by atoms with van der Waals surface area (Å²) in [5.74, 6) is 0.730. The molecule has 0 aromatic heterocycles. The lowest BCUT2D eigenvalue weighted by molar-refractivity contribution is -0.114. The number of hydrogen-bond donors (Lipinski definition) is 0. The summed E-state index contributed by atoms with van der Waals surface area (Å²) in [4.78, 5) is 14.1. The molecule has 0 saturated carbocycles. The maximum atomic E-state index is 11.8. The quantitative estimate of drug-likeness (QED) is 0.750. The van der Waals surface area contributed by atoms with Crippen LogP contribution >= 0.6 is 0 Å². The van der Waals surface area contributed by atoms with Crippen molar-refractivity contribution >= 4 is 11.5 Å². The first-order valence-corrected chi connectivity index (χ1v) is 6.79. The minimum absolute atomic E-state index is 0.252. The van der Waals surface area contributed by atoms with Crippen molar-refractivity contribution in [2.75, 3.05) is 11.4 Å². The van der Waals surface area contributed by atoms with Crippen LogP contribution in [0, 0.1) is 5.92 Å². The van der Waals surface area contributed by atoms with Crippen LogP contribution in [-0.4, -0.2) is 12.3 Å². The zero-order chi connectivity index (χ0) is 13.0. The molecule has 1 aromatic carbocycles. The van der Waals surface area contributed by atoms with E-state index in [4.69, 9.17) is 0 Å². The highest BCUT2D eigenvalue weighted by molar-refractivity contribution is 5.91. The zero-order valence-corrected chi connectivity index (χ0v) is 11.2. The molecular weight excluding hydrogens is 222 g/mol. The van der Waals surface area contributed by atoms with Crippen LogP contribution in [0.15, 0.2) is 42.1 Å². The molecule has 1 fully saturated rings. The molecule has 2 rings (SSSR count). The minimum atomic E-state index is 0.252. The molecule has 1 aliphatic rings. The fraction of sp³-hybridized carbons (Fsp3) is 0.438. The molecule has 96 valence electrons. The number of carbonyl (C=O) groups is 1. The van der Waals surface area contributed by atoms with E-state index in [0.29, 0.717) is 12.3 Å². The molecule has 0 aliphatic carbocycles. The number of para-hydroxylation sites is 1. The molecule has 2 heteroatoms. The normalized spacial score (nSPS) is 21.6. The van der Waals surface area contributed by atoms with Crippen LogP contribution in [0.5, 0.6) is 0 Å². The summed E-state index contributed by atoms with van der Waals surface area (Å²) in [5.41, 5.74) is 2.37. The molecule has 0 spiro atoms. The van der Waals surface area contributed by atoms with Crippen molar-refractivity contribution in [1.82, 2.24) is 0 Å². The summed E-state index contributed by atoms with van der Waals surface area (Å²) in [6.45, 7) is 5.26. The molecule has 1 atom stereocenters. The Morgan fingerprint density at radius 2 is 2.11 bits per heavy atom. The van der Waals surface area contributed by atoms with Gasteiger partial charge in [-0.1, -0.05) is 32.0 Å². The van der Waals surface area contributed by atoms with Crippen molar-refractivity contribution in [1.29, 1.82) is 0 Å². The molecule has 1 aromatic rings. The Bertz CT molecular complexity index is 436. The van der Waals surface area contributed by atoms with Gasteiger partial charge >= 0.3 is 0 Å². The standard InChI is InChI=1S/C16H21NO/c1-3-7-15(18)12-16-13(2)10-11-17(16)14-8-5-4-6-9-14/h4-6,8-9,12-13H,3,7,10-11H2,1-2H3/b16-12+. The maximum absolute atomic E-state index is 11.8. The number of carbonyl (C=O) groups excluding carboxylic acids is 1. The Hall–Kier alpha value is -1.57. The first-order valence-electron chi connectivity index (χ1n) is 6.79.